The van der Waals surface area contributed by atoms with Gasteiger partial charge in [0.1, 0.15) is 4.88 Å². The second kappa shape index (κ2) is 4.67. The van der Waals surface area contributed by atoms with E-state index in [2.05, 4.69) is 10.2 Å². The number of aromatic nitrogens is 2. The molecule has 0 aliphatic carbocycles. The summed E-state index contributed by atoms with van der Waals surface area (Å²) in [7, 11) is 0. The number of hydrogen-bond acceptors (Lipinski definition) is 6. The number of thioether (sulfide) groups is 1. The molecule has 2 aromatic heterocycles. The number of aryl methyl sites for hydroxylation is 1. The number of aromatic carboxylic acids is 1. The topological polar surface area (TPSA) is 76.2 Å². The molecule has 7 heteroatoms. The number of rotatable bonds is 4. The number of nitrogens with zero attached hydrogens (tertiary/aromatic N) is 2. The molecule has 0 spiro atoms. The molecule has 84 valence electrons. The zero-order valence-corrected chi connectivity index (χ0v) is 9.97. The van der Waals surface area contributed by atoms with Gasteiger partial charge in [0, 0.05) is 17.2 Å². The first-order chi connectivity index (χ1) is 7.65. The highest BCUT2D eigenvalue weighted by Gasteiger charge is 2.08. The Bertz CT molecular complexity index is 506. The highest BCUT2D eigenvalue weighted by molar-refractivity contribution is 7.98. The van der Waals surface area contributed by atoms with E-state index in [9.17, 15) is 4.79 Å². The molecular formula is C9H8N2O3S2. The van der Waals surface area contributed by atoms with Crippen LogP contribution in [0, 0.1) is 6.92 Å². The predicted molar refractivity (Wildman–Crippen MR) is 59.9 cm³/mol. The highest BCUT2D eigenvalue weighted by Crippen LogP contribution is 2.27. The summed E-state index contributed by atoms with van der Waals surface area (Å²) >= 11 is 2.69. The number of carbonyl (C=O) groups is 1. The summed E-state index contributed by atoms with van der Waals surface area (Å²) in [5.74, 6) is 0.736. The van der Waals surface area contributed by atoms with Crippen molar-refractivity contribution in [1.82, 2.24) is 10.2 Å². The van der Waals surface area contributed by atoms with Crippen LogP contribution in [0.1, 0.15) is 21.5 Å². The van der Waals surface area contributed by atoms with Gasteiger partial charge in [0.05, 0.1) is 5.75 Å². The summed E-state index contributed by atoms with van der Waals surface area (Å²) in [5, 5.41) is 18.1. The van der Waals surface area contributed by atoms with E-state index in [1.54, 1.807) is 18.4 Å². The molecule has 0 unspecified atom stereocenters. The van der Waals surface area contributed by atoms with E-state index in [0.717, 1.165) is 4.90 Å². The maximum absolute atomic E-state index is 10.7. The Morgan fingerprint density at radius 1 is 1.62 bits per heavy atom. The van der Waals surface area contributed by atoms with Crippen LogP contribution in [-0.2, 0) is 5.75 Å². The van der Waals surface area contributed by atoms with Crippen LogP contribution < -0.4 is 0 Å². The standard InChI is InChI=1S/C9H8N2O3S2/c1-5-10-11-8(14-5)4-15-6-2-7(9(12)13)16-3-6/h2-3H,4H2,1H3,(H,12,13). The van der Waals surface area contributed by atoms with Gasteiger partial charge in [-0.2, -0.15) is 0 Å². The van der Waals surface area contributed by atoms with Crippen molar-refractivity contribution in [2.24, 2.45) is 0 Å². The second-order valence-corrected chi connectivity index (χ2v) is 4.92. The Kier molecular flexibility index (Phi) is 3.25. The molecule has 0 aliphatic rings. The molecule has 0 radical (unpaired) electrons. The molecule has 5 nitrogen and oxygen atoms in total. The molecule has 2 aromatic rings. The van der Waals surface area contributed by atoms with Crippen LogP contribution in [-0.4, -0.2) is 21.3 Å². The van der Waals surface area contributed by atoms with E-state index in [4.69, 9.17) is 9.52 Å². The average molecular weight is 256 g/mol. The molecule has 0 aliphatic heterocycles. The first-order valence-corrected chi connectivity index (χ1v) is 6.25. The van der Waals surface area contributed by atoms with Crippen molar-refractivity contribution >= 4 is 29.1 Å². The lowest BCUT2D eigenvalue weighted by Crippen LogP contribution is -1.89. The van der Waals surface area contributed by atoms with E-state index >= 15 is 0 Å². The molecule has 16 heavy (non-hydrogen) atoms. The molecule has 0 saturated carbocycles. The van der Waals surface area contributed by atoms with Gasteiger partial charge >= 0.3 is 5.97 Å². The summed E-state index contributed by atoms with van der Waals surface area (Å²) in [4.78, 5) is 11.9. The minimum absolute atomic E-state index is 0.337. The zero-order chi connectivity index (χ0) is 11.5. The maximum Gasteiger partial charge on any atom is 0.345 e. The largest absolute Gasteiger partial charge is 0.477 e. The lowest BCUT2D eigenvalue weighted by atomic mass is 10.5. The second-order valence-electron chi connectivity index (χ2n) is 2.96. The smallest absolute Gasteiger partial charge is 0.345 e. The summed E-state index contributed by atoms with van der Waals surface area (Å²) in [6.45, 7) is 1.73. The van der Waals surface area contributed by atoms with Crippen molar-refractivity contribution < 1.29 is 14.3 Å². The van der Waals surface area contributed by atoms with E-state index in [1.807, 2.05) is 0 Å². The summed E-state index contributed by atoms with van der Waals surface area (Å²) in [6, 6.07) is 1.64. The Hall–Kier alpha value is -1.34. The lowest BCUT2D eigenvalue weighted by molar-refractivity contribution is 0.0702. The van der Waals surface area contributed by atoms with Crippen LogP contribution in [0.4, 0.5) is 0 Å². The van der Waals surface area contributed by atoms with Crippen LogP contribution in [0.5, 0.6) is 0 Å². The minimum Gasteiger partial charge on any atom is -0.477 e. The van der Waals surface area contributed by atoms with Crippen molar-refractivity contribution in [3.63, 3.8) is 0 Å². The minimum atomic E-state index is -0.898. The van der Waals surface area contributed by atoms with Crippen molar-refractivity contribution in [3.8, 4) is 0 Å². The van der Waals surface area contributed by atoms with Crippen LogP contribution in [0.25, 0.3) is 0 Å². The number of carboxylic acid groups (broad SMARTS) is 1. The Morgan fingerprint density at radius 3 is 3.00 bits per heavy atom. The van der Waals surface area contributed by atoms with Gasteiger partial charge in [-0.25, -0.2) is 4.79 Å². The Balaban J connectivity index is 1.97. The summed E-state index contributed by atoms with van der Waals surface area (Å²) in [5.41, 5.74) is 0. The Morgan fingerprint density at radius 2 is 2.44 bits per heavy atom. The normalized spacial score (nSPS) is 10.6. The van der Waals surface area contributed by atoms with Gasteiger partial charge in [-0.15, -0.1) is 33.3 Å². The third kappa shape index (κ3) is 2.61. The lowest BCUT2D eigenvalue weighted by Gasteiger charge is -1.92. The number of thiophene rings is 1. The van der Waals surface area contributed by atoms with Crippen molar-refractivity contribution in [1.29, 1.82) is 0 Å². The van der Waals surface area contributed by atoms with Gasteiger partial charge in [0.2, 0.25) is 11.8 Å². The molecule has 2 rings (SSSR count). The summed E-state index contributed by atoms with van der Waals surface area (Å²) in [6.07, 6.45) is 0. The van der Waals surface area contributed by atoms with Crippen LogP contribution in [0.15, 0.2) is 20.8 Å². The molecule has 0 atom stereocenters. The van der Waals surface area contributed by atoms with Gasteiger partial charge in [0.25, 0.3) is 0 Å². The molecule has 1 N–H and O–H groups in total. The molecule has 0 aromatic carbocycles. The predicted octanol–water partition coefficient (Wildman–Crippen LogP) is 2.43. The first kappa shape index (κ1) is 11.2. The quantitative estimate of drug-likeness (QED) is 0.847. The molecule has 0 saturated heterocycles. The van der Waals surface area contributed by atoms with Crippen LogP contribution in [0.2, 0.25) is 0 Å². The molecule has 2 heterocycles. The zero-order valence-electron chi connectivity index (χ0n) is 8.34. The van der Waals surface area contributed by atoms with E-state index in [-0.39, 0.29) is 0 Å². The van der Waals surface area contributed by atoms with Gasteiger partial charge in [-0.05, 0) is 6.07 Å². The van der Waals surface area contributed by atoms with Gasteiger partial charge in [-0.1, -0.05) is 0 Å². The van der Waals surface area contributed by atoms with Crippen molar-refractivity contribution in [2.45, 2.75) is 17.6 Å². The SMILES string of the molecule is Cc1nnc(CSc2csc(C(=O)O)c2)o1. The fourth-order valence-corrected chi connectivity index (χ4v) is 2.75. The first-order valence-electron chi connectivity index (χ1n) is 4.39. The number of hydrogen-bond donors (Lipinski definition) is 1. The molecular weight excluding hydrogens is 248 g/mol. The molecule has 0 bridgehead atoms. The Labute approximate surface area is 99.5 Å². The van der Waals surface area contributed by atoms with E-state index in [1.165, 1.54) is 23.1 Å². The maximum atomic E-state index is 10.7. The third-order valence-corrected chi connectivity index (χ3v) is 3.74. The van der Waals surface area contributed by atoms with Gasteiger partial charge < -0.3 is 9.52 Å². The molecule has 0 fully saturated rings. The average Bonchev–Trinajstić information content (AvgIpc) is 2.83. The fourth-order valence-electron chi connectivity index (χ4n) is 1.05. The molecule has 0 amide bonds. The van der Waals surface area contributed by atoms with E-state index in [0.29, 0.717) is 22.4 Å². The van der Waals surface area contributed by atoms with Crippen LogP contribution in [0.3, 0.4) is 0 Å². The highest BCUT2D eigenvalue weighted by atomic mass is 32.2. The monoisotopic (exact) mass is 256 g/mol. The van der Waals surface area contributed by atoms with E-state index < -0.39 is 5.97 Å². The number of carboxylic acids is 1. The fraction of sp³-hybridized carbons (Fsp3) is 0.222. The summed E-state index contributed by atoms with van der Waals surface area (Å²) < 4.78 is 5.20. The van der Waals surface area contributed by atoms with Gasteiger partial charge in [0.15, 0.2) is 0 Å². The third-order valence-electron chi connectivity index (χ3n) is 1.72. The van der Waals surface area contributed by atoms with Gasteiger partial charge in [-0.3, -0.25) is 0 Å². The van der Waals surface area contributed by atoms with Crippen molar-refractivity contribution in [3.05, 3.63) is 28.1 Å². The van der Waals surface area contributed by atoms with Crippen LogP contribution >= 0.6 is 23.1 Å². The van der Waals surface area contributed by atoms with Crippen molar-refractivity contribution in [2.75, 3.05) is 0 Å².